The number of carbonyl (C=O) groups is 1. The molecular weight excluding hydrogens is 298 g/mol. The summed E-state index contributed by atoms with van der Waals surface area (Å²) in [6.07, 6.45) is 15.4. The first-order valence-electron chi connectivity index (χ1n) is 10.7. The highest BCUT2D eigenvalue weighted by atomic mass is 16.4. The summed E-state index contributed by atoms with van der Waals surface area (Å²) in [5.74, 6) is -0.653. The number of carboxylic acids is 1. The molecule has 0 bridgehead atoms. The highest BCUT2D eigenvalue weighted by Crippen LogP contribution is 2.18. The number of hydrogen-bond donors (Lipinski definition) is 1. The maximum Gasteiger partial charge on any atom is 0.303 e. The first-order chi connectivity index (χ1) is 11.6. The van der Waals surface area contributed by atoms with Gasteiger partial charge in [0.2, 0.25) is 0 Å². The second-order valence-electron chi connectivity index (χ2n) is 7.56. The third-order valence-electron chi connectivity index (χ3n) is 5.23. The van der Waals surface area contributed by atoms with Gasteiger partial charge in [-0.2, -0.15) is 0 Å². The lowest BCUT2D eigenvalue weighted by atomic mass is 10.1. The Bertz CT molecular complexity index is 270. The molecule has 0 radical (unpaired) electrons. The Kier molecular flexibility index (Phi) is 15.6. The molecule has 0 fully saturated rings. The SMILES string of the molecule is CCCC[N+](CCCC)(CCCC)CCCCCCCCC(=O)O. The molecule has 0 atom stereocenters. The molecular formula is C21H44NO2+. The number of rotatable bonds is 18. The monoisotopic (exact) mass is 342 g/mol. The maximum absolute atomic E-state index is 10.5. The van der Waals surface area contributed by atoms with Gasteiger partial charge in [0, 0.05) is 6.42 Å². The van der Waals surface area contributed by atoms with Crippen LogP contribution in [0.25, 0.3) is 0 Å². The molecule has 0 aliphatic rings. The molecule has 3 heteroatoms. The van der Waals surface area contributed by atoms with E-state index in [4.69, 9.17) is 5.11 Å². The number of hydrogen-bond acceptors (Lipinski definition) is 1. The van der Waals surface area contributed by atoms with Gasteiger partial charge in [-0.05, 0) is 38.5 Å². The van der Waals surface area contributed by atoms with Gasteiger partial charge in [-0.1, -0.05) is 59.3 Å². The van der Waals surface area contributed by atoms with Crippen molar-refractivity contribution in [3.63, 3.8) is 0 Å². The topological polar surface area (TPSA) is 37.3 Å². The number of unbranched alkanes of at least 4 members (excludes halogenated alkanes) is 8. The van der Waals surface area contributed by atoms with Crippen molar-refractivity contribution in [2.75, 3.05) is 26.2 Å². The average Bonchev–Trinajstić information content (AvgIpc) is 2.57. The van der Waals surface area contributed by atoms with Gasteiger partial charge in [0.05, 0.1) is 26.2 Å². The van der Waals surface area contributed by atoms with Gasteiger partial charge >= 0.3 is 5.97 Å². The van der Waals surface area contributed by atoms with Crippen molar-refractivity contribution in [2.24, 2.45) is 0 Å². The van der Waals surface area contributed by atoms with Crippen molar-refractivity contribution < 1.29 is 14.4 Å². The number of quaternary nitrogens is 1. The molecule has 144 valence electrons. The van der Waals surface area contributed by atoms with Gasteiger partial charge in [0.25, 0.3) is 0 Å². The zero-order chi connectivity index (χ0) is 18.1. The molecule has 0 aliphatic carbocycles. The fraction of sp³-hybridized carbons (Fsp3) is 0.952. The van der Waals surface area contributed by atoms with Gasteiger partial charge in [-0.3, -0.25) is 4.79 Å². The first-order valence-corrected chi connectivity index (χ1v) is 10.7. The summed E-state index contributed by atoms with van der Waals surface area (Å²) in [6.45, 7) is 12.4. The summed E-state index contributed by atoms with van der Waals surface area (Å²) in [5.41, 5.74) is 0. The molecule has 0 aromatic rings. The van der Waals surface area contributed by atoms with Crippen LogP contribution in [-0.4, -0.2) is 41.7 Å². The summed E-state index contributed by atoms with van der Waals surface area (Å²) >= 11 is 0. The highest BCUT2D eigenvalue weighted by Gasteiger charge is 2.24. The van der Waals surface area contributed by atoms with E-state index in [1.165, 1.54) is 94.9 Å². The van der Waals surface area contributed by atoms with E-state index in [1.807, 2.05) is 0 Å². The standard InChI is InChI=1S/C21H43NO2/c1-4-7-17-22(18-8-5-2,19-9-6-3)20-15-13-11-10-12-14-16-21(23)24/h4-20H2,1-3H3/p+1. The molecule has 0 heterocycles. The largest absolute Gasteiger partial charge is 0.481 e. The predicted octanol–water partition coefficient (Wildman–Crippen LogP) is 6.02. The van der Waals surface area contributed by atoms with Crippen LogP contribution in [0.15, 0.2) is 0 Å². The number of aliphatic carboxylic acids is 1. The van der Waals surface area contributed by atoms with E-state index in [0.29, 0.717) is 6.42 Å². The predicted molar refractivity (Wildman–Crippen MR) is 104 cm³/mol. The fourth-order valence-electron chi connectivity index (χ4n) is 3.58. The van der Waals surface area contributed by atoms with E-state index < -0.39 is 5.97 Å². The lowest BCUT2D eigenvalue weighted by Crippen LogP contribution is -2.50. The van der Waals surface area contributed by atoms with E-state index >= 15 is 0 Å². The van der Waals surface area contributed by atoms with Crippen molar-refractivity contribution in [3.05, 3.63) is 0 Å². The normalized spacial score (nSPS) is 11.8. The second-order valence-corrected chi connectivity index (χ2v) is 7.56. The van der Waals surface area contributed by atoms with Crippen molar-refractivity contribution in [3.8, 4) is 0 Å². The summed E-state index contributed by atoms with van der Waals surface area (Å²) < 4.78 is 1.36. The van der Waals surface area contributed by atoms with E-state index in [2.05, 4.69) is 20.8 Å². The van der Waals surface area contributed by atoms with Gasteiger partial charge < -0.3 is 9.59 Å². The van der Waals surface area contributed by atoms with Crippen LogP contribution in [0.5, 0.6) is 0 Å². The summed E-state index contributed by atoms with van der Waals surface area (Å²) in [6, 6.07) is 0. The molecule has 0 spiro atoms. The summed E-state index contributed by atoms with van der Waals surface area (Å²) in [7, 11) is 0. The molecule has 0 amide bonds. The zero-order valence-corrected chi connectivity index (χ0v) is 16.8. The van der Waals surface area contributed by atoms with Crippen LogP contribution >= 0.6 is 0 Å². The van der Waals surface area contributed by atoms with Crippen molar-refractivity contribution >= 4 is 5.97 Å². The summed E-state index contributed by atoms with van der Waals surface area (Å²) in [5, 5.41) is 8.65. The molecule has 0 unspecified atom stereocenters. The van der Waals surface area contributed by atoms with E-state index in [9.17, 15) is 4.79 Å². The minimum absolute atomic E-state index is 0.338. The van der Waals surface area contributed by atoms with Crippen LogP contribution in [-0.2, 0) is 4.79 Å². The molecule has 0 saturated heterocycles. The molecule has 0 aliphatic heterocycles. The molecule has 24 heavy (non-hydrogen) atoms. The number of carboxylic acid groups (broad SMARTS) is 1. The van der Waals surface area contributed by atoms with E-state index in [0.717, 1.165) is 12.8 Å². The van der Waals surface area contributed by atoms with Crippen LogP contribution in [0, 0.1) is 0 Å². The Labute approximate surface area is 151 Å². The Balaban J connectivity index is 4.14. The van der Waals surface area contributed by atoms with Crippen LogP contribution in [0.4, 0.5) is 0 Å². The van der Waals surface area contributed by atoms with Crippen molar-refractivity contribution in [1.29, 1.82) is 0 Å². The van der Waals surface area contributed by atoms with Gasteiger partial charge in [0.15, 0.2) is 0 Å². The summed E-state index contributed by atoms with van der Waals surface area (Å²) in [4.78, 5) is 10.5. The molecule has 0 aromatic carbocycles. The average molecular weight is 343 g/mol. The minimum Gasteiger partial charge on any atom is -0.481 e. The van der Waals surface area contributed by atoms with Crippen LogP contribution in [0.2, 0.25) is 0 Å². The fourth-order valence-corrected chi connectivity index (χ4v) is 3.58. The van der Waals surface area contributed by atoms with E-state index in [-0.39, 0.29) is 0 Å². The van der Waals surface area contributed by atoms with Gasteiger partial charge in [0.1, 0.15) is 0 Å². The first kappa shape index (κ1) is 23.4. The van der Waals surface area contributed by atoms with Crippen LogP contribution in [0.1, 0.15) is 104 Å². The lowest BCUT2D eigenvalue weighted by Gasteiger charge is -2.39. The molecule has 0 aromatic heterocycles. The van der Waals surface area contributed by atoms with Crippen LogP contribution in [0.3, 0.4) is 0 Å². The Morgan fingerprint density at radius 2 is 1.00 bits per heavy atom. The third-order valence-corrected chi connectivity index (χ3v) is 5.23. The van der Waals surface area contributed by atoms with Crippen molar-refractivity contribution in [2.45, 2.75) is 104 Å². The molecule has 1 N–H and O–H groups in total. The Hall–Kier alpha value is -0.570. The minimum atomic E-state index is -0.653. The number of nitrogens with zero attached hydrogens (tertiary/aromatic N) is 1. The van der Waals surface area contributed by atoms with Crippen LogP contribution < -0.4 is 0 Å². The Morgan fingerprint density at radius 1 is 0.625 bits per heavy atom. The van der Waals surface area contributed by atoms with Crippen molar-refractivity contribution in [1.82, 2.24) is 0 Å². The second kappa shape index (κ2) is 15.9. The Morgan fingerprint density at radius 3 is 1.42 bits per heavy atom. The lowest BCUT2D eigenvalue weighted by molar-refractivity contribution is -0.929. The quantitative estimate of drug-likeness (QED) is 0.244. The smallest absolute Gasteiger partial charge is 0.303 e. The zero-order valence-electron chi connectivity index (χ0n) is 16.8. The third kappa shape index (κ3) is 12.8. The van der Waals surface area contributed by atoms with E-state index in [1.54, 1.807) is 0 Å². The molecule has 0 rings (SSSR count). The van der Waals surface area contributed by atoms with Gasteiger partial charge in [-0.25, -0.2) is 0 Å². The maximum atomic E-state index is 10.5. The molecule has 0 saturated carbocycles. The highest BCUT2D eigenvalue weighted by molar-refractivity contribution is 5.66. The molecule has 3 nitrogen and oxygen atoms in total. The van der Waals surface area contributed by atoms with Gasteiger partial charge in [-0.15, -0.1) is 0 Å².